The van der Waals surface area contributed by atoms with Gasteiger partial charge in [-0.3, -0.25) is 4.79 Å². The van der Waals surface area contributed by atoms with Crippen LogP contribution in [-0.4, -0.2) is 36.0 Å². The maximum Gasteiger partial charge on any atom is 0.257 e. The number of para-hydroxylation sites is 1. The standard InChI is InChI=1S/C18H26N2O2.ClH/c1-13(19)14-6-5-11-20(12-14)18(21)16-9-2-3-10-17(16)22-15-7-4-8-15;/h2-3,9-10,13-15H,4-8,11-12,19H2,1H3;1H. The number of carbonyl (C=O) groups excluding carboxylic acids is 1. The van der Waals surface area contributed by atoms with Gasteiger partial charge in [-0.2, -0.15) is 0 Å². The number of amides is 1. The molecule has 1 saturated heterocycles. The van der Waals surface area contributed by atoms with Crippen LogP contribution in [0.2, 0.25) is 0 Å². The largest absolute Gasteiger partial charge is 0.490 e. The fourth-order valence-electron chi connectivity index (χ4n) is 3.21. The highest BCUT2D eigenvalue weighted by molar-refractivity contribution is 5.97. The van der Waals surface area contributed by atoms with Crippen molar-refractivity contribution < 1.29 is 9.53 Å². The highest BCUT2D eigenvalue weighted by atomic mass is 35.5. The van der Waals surface area contributed by atoms with Crippen molar-refractivity contribution in [2.45, 2.75) is 51.2 Å². The molecule has 23 heavy (non-hydrogen) atoms. The lowest BCUT2D eigenvalue weighted by molar-refractivity contribution is 0.0645. The molecule has 1 aliphatic heterocycles. The van der Waals surface area contributed by atoms with Gasteiger partial charge in [0.15, 0.2) is 0 Å². The Balaban J connectivity index is 0.00000192. The van der Waals surface area contributed by atoms with Gasteiger partial charge < -0.3 is 15.4 Å². The van der Waals surface area contributed by atoms with Gasteiger partial charge in [0.1, 0.15) is 5.75 Å². The van der Waals surface area contributed by atoms with Crippen molar-refractivity contribution in [2.24, 2.45) is 11.7 Å². The van der Waals surface area contributed by atoms with E-state index in [-0.39, 0.29) is 30.5 Å². The number of ether oxygens (including phenoxy) is 1. The van der Waals surface area contributed by atoms with E-state index >= 15 is 0 Å². The Kier molecular flexibility index (Phi) is 6.31. The van der Waals surface area contributed by atoms with E-state index in [9.17, 15) is 4.79 Å². The number of hydrogen-bond donors (Lipinski definition) is 1. The lowest BCUT2D eigenvalue weighted by Gasteiger charge is -2.35. The van der Waals surface area contributed by atoms with Crippen LogP contribution in [0.1, 0.15) is 49.4 Å². The van der Waals surface area contributed by atoms with Crippen molar-refractivity contribution in [3.8, 4) is 5.75 Å². The second-order valence-electron chi connectivity index (χ2n) is 6.68. The molecule has 1 aromatic rings. The fraction of sp³-hybridized carbons (Fsp3) is 0.611. The van der Waals surface area contributed by atoms with Gasteiger partial charge >= 0.3 is 0 Å². The molecule has 1 aromatic carbocycles. The minimum absolute atomic E-state index is 0. The zero-order chi connectivity index (χ0) is 15.5. The molecule has 3 rings (SSSR count). The first-order valence-electron chi connectivity index (χ1n) is 8.45. The Labute approximate surface area is 144 Å². The molecule has 4 nitrogen and oxygen atoms in total. The minimum atomic E-state index is 0. The maximum atomic E-state index is 12.9. The first-order chi connectivity index (χ1) is 10.6. The van der Waals surface area contributed by atoms with E-state index in [0.717, 1.165) is 44.5 Å². The molecule has 2 aliphatic rings. The molecule has 0 bridgehead atoms. The third kappa shape index (κ3) is 4.18. The van der Waals surface area contributed by atoms with E-state index in [1.165, 1.54) is 6.42 Å². The van der Waals surface area contributed by atoms with Crippen LogP contribution in [0.5, 0.6) is 5.75 Å². The van der Waals surface area contributed by atoms with Gasteiger partial charge in [0.2, 0.25) is 0 Å². The summed E-state index contributed by atoms with van der Waals surface area (Å²) in [6.45, 7) is 3.61. The van der Waals surface area contributed by atoms with E-state index < -0.39 is 0 Å². The second-order valence-corrected chi connectivity index (χ2v) is 6.68. The molecular weight excluding hydrogens is 312 g/mol. The number of benzene rings is 1. The highest BCUT2D eigenvalue weighted by Crippen LogP contribution is 2.29. The van der Waals surface area contributed by atoms with E-state index in [1.807, 2.05) is 36.1 Å². The molecule has 1 saturated carbocycles. The number of piperidine rings is 1. The van der Waals surface area contributed by atoms with Gasteiger partial charge in [-0.05, 0) is 57.1 Å². The molecule has 0 spiro atoms. The predicted octanol–water partition coefficient (Wildman–Crippen LogP) is 3.24. The molecule has 2 unspecified atom stereocenters. The van der Waals surface area contributed by atoms with Gasteiger partial charge in [-0.25, -0.2) is 0 Å². The van der Waals surface area contributed by atoms with Crippen LogP contribution >= 0.6 is 12.4 Å². The number of nitrogens with zero attached hydrogens (tertiary/aromatic N) is 1. The molecule has 2 fully saturated rings. The summed E-state index contributed by atoms with van der Waals surface area (Å²) in [7, 11) is 0. The predicted molar refractivity (Wildman–Crippen MR) is 94.2 cm³/mol. The quantitative estimate of drug-likeness (QED) is 0.917. The maximum absolute atomic E-state index is 12.9. The van der Waals surface area contributed by atoms with Crippen LogP contribution in [0.25, 0.3) is 0 Å². The SMILES string of the molecule is CC(N)C1CCCN(C(=O)c2ccccc2OC2CCC2)C1.Cl. The monoisotopic (exact) mass is 338 g/mol. The van der Waals surface area contributed by atoms with Crippen molar-refractivity contribution in [1.82, 2.24) is 4.90 Å². The van der Waals surface area contributed by atoms with E-state index in [2.05, 4.69) is 0 Å². The van der Waals surface area contributed by atoms with Gasteiger partial charge in [-0.1, -0.05) is 12.1 Å². The first kappa shape index (κ1) is 18.1. The molecule has 2 N–H and O–H groups in total. The van der Waals surface area contributed by atoms with Crippen molar-refractivity contribution in [3.63, 3.8) is 0 Å². The Hall–Kier alpha value is -1.26. The average Bonchev–Trinajstić information content (AvgIpc) is 2.50. The fourth-order valence-corrected chi connectivity index (χ4v) is 3.21. The third-order valence-corrected chi connectivity index (χ3v) is 4.95. The normalized spacial score (nSPS) is 22.7. The Bertz CT molecular complexity index is 532. The minimum Gasteiger partial charge on any atom is -0.490 e. The molecule has 0 radical (unpaired) electrons. The molecular formula is C18H27ClN2O2. The second kappa shape index (κ2) is 8.02. The Morgan fingerprint density at radius 1 is 1.26 bits per heavy atom. The summed E-state index contributed by atoms with van der Waals surface area (Å²) in [6, 6.07) is 7.78. The summed E-state index contributed by atoms with van der Waals surface area (Å²) in [4.78, 5) is 14.8. The number of carbonyl (C=O) groups is 1. The third-order valence-electron chi connectivity index (χ3n) is 4.95. The number of nitrogens with two attached hydrogens (primary N) is 1. The first-order valence-corrected chi connectivity index (χ1v) is 8.45. The van der Waals surface area contributed by atoms with Crippen molar-refractivity contribution >= 4 is 18.3 Å². The van der Waals surface area contributed by atoms with Crippen LogP contribution < -0.4 is 10.5 Å². The zero-order valence-corrected chi connectivity index (χ0v) is 14.6. The molecule has 1 aliphatic carbocycles. The van der Waals surface area contributed by atoms with Gasteiger partial charge in [0.05, 0.1) is 11.7 Å². The number of halogens is 1. The van der Waals surface area contributed by atoms with E-state index in [1.54, 1.807) is 0 Å². The summed E-state index contributed by atoms with van der Waals surface area (Å²) in [5.41, 5.74) is 6.72. The average molecular weight is 339 g/mol. The van der Waals surface area contributed by atoms with E-state index in [4.69, 9.17) is 10.5 Å². The number of rotatable bonds is 4. The van der Waals surface area contributed by atoms with Crippen LogP contribution in [0.4, 0.5) is 0 Å². The number of hydrogen-bond acceptors (Lipinski definition) is 3. The highest BCUT2D eigenvalue weighted by Gasteiger charge is 2.28. The van der Waals surface area contributed by atoms with Crippen molar-refractivity contribution in [1.29, 1.82) is 0 Å². The van der Waals surface area contributed by atoms with Crippen LogP contribution in [0, 0.1) is 5.92 Å². The van der Waals surface area contributed by atoms with Crippen LogP contribution in [-0.2, 0) is 0 Å². The molecule has 2 atom stereocenters. The summed E-state index contributed by atoms with van der Waals surface area (Å²) in [5.74, 6) is 1.22. The molecule has 5 heteroatoms. The van der Waals surface area contributed by atoms with Crippen molar-refractivity contribution in [2.75, 3.05) is 13.1 Å². The lowest BCUT2D eigenvalue weighted by Crippen LogP contribution is -2.45. The van der Waals surface area contributed by atoms with Crippen molar-refractivity contribution in [3.05, 3.63) is 29.8 Å². The molecule has 128 valence electrons. The Morgan fingerprint density at radius 2 is 2.00 bits per heavy atom. The summed E-state index contributed by atoms with van der Waals surface area (Å²) in [5, 5.41) is 0. The number of likely N-dealkylation sites (tertiary alicyclic amines) is 1. The lowest BCUT2D eigenvalue weighted by atomic mass is 9.91. The van der Waals surface area contributed by atoms with Crippen LogP contribution in [0.3, 0.4) is 0 Å². The molecule has 1 amide bonds. The topological polar surface area (TPSA) is 55.6 Å². The molecule has 1 heterocycles. The van der Waals surface area contributed by atoms with Crippen LogP contribution in [0.15, 0.2) is 24.3 Å². The Morgan fingerprint density at radius 3 is 2.65 bits per heavy atom. The summed E-state index contributed by atoms with van der Waals surface area (Å²) in [6.07, 6.45) is 5.85. The molecule has 0 aromatic heterocycles. The van der Waals surface area contributed by atoms with Gasteiger partial charge in [0, 0.05) is 19.1 Å². The van der Waals surface area contributed by atoms with Gasteiger partial charge in [-0.15, -0.1) is 12.4 Å². The van der Waals surface area contributed by atoms with Gasteiger partial charge in [0.25, 0.3) is 5.91 Å². The summed E-state index contributed by atoms with van der Waals surface area (Å²) >= 11 is 0. The smallest absolute Gasteiger partial charge is 0.257 e. The zero-order valence-electron chi connectivity index (χ0n) is 13.7. The summed E-state index contributed by atoms with van der Waals surface area (Å²) < 4.78 is 6.00. The van der Waals surface area contributed by atoms with E-state index in [0.29, 0.717) is 11.5 Å².